The predicted molar refractivity (Wildman–Crippen MR) is 58.1 cm³/mol. The molecule has 1 saturated heterocycles. The smallest absolute Gasteiger partial charge is 0.169 e. The van der Waals surface area contributed by atoms with Crippen LogP contribution >= 0.6 is 15.9 Å². The summed E-state index contributed by atoms with van der Waals surface area (Å²) < 4.78 is 6.47. The maximum Gasteiger partial charge on any atom is 0.169 e. The standard InChI is InChI=1S/C11H14BrNO/c12-9-4-3-8(14-9)10-11(7-13-10)5-1-2-6-11/h3-4,10,13H,1-2,5-7H2. The molecule has 1 aromatic rings. The molecule has 1 atom stereocenters. The van der Waals surface area contributed by atoms with E-state index in [4.69, 9.17) is 4.42 Å². The van der Waals surface area contributed by atoms with Crippen molar-refractivity contribution in [2.75, 3.05) is 6.54 Å². The van der Waals surface area contributed by atoms with Gasteiger partial charge in [0.2, 0.25) is 0 Å². The van der Waals surface area contributed by atoms with Gasteiger partial charge in [-0.3, -0.25) is 0 Å². The lowest BCUT2D eigenvalue weighted by atomic mass is 9.71. The molecule has 1 aliphatic heterocycles. The number of furan rings is 1. The van der Waals surface area contributed by atoms with Crippen LogP contribution in [0.1, 0.15) is 37.5 Å². The Kier molecular flexibility index (Phi) is 1.99. The fourth-order valence-corrected chi connectivity index (χ4v) is 3.24. The maximum atomic E-state index is 5.63. The molecular formula is C11H14BrNO. The minimum absolute atomic E-state index is 0.469. The first-order valence-electron chi connectivity index (χ1n) is 5.29. The summed E-state index contributed by atoms with van der Waals surface area (Å²) in [6.45, 7) is 1.18. The van der Waals surface area contributed by atoms with Gasteiger partial charge in [0.05, 0.1) is 6.04 Å². The van der Waals surface area contributed by atoms with Crippen LogP contribution in [-0.2, 0) is 0 Å². The van der Waals surface area contributed by atoms with Gasteiger partial charge in [0.15, 0.2) is 4.67 Å². The summed E-state index contributed by atoms with van der Waals surface area (Å²) in [7, 11) is 0. The van der Waals surface area contributed by atoms with Crippen molar-refractivity contribution in [2.24, 2.45) is 5.41 Å². The van der Waals surface area contributed by atoms with Gasteiger partial charge in [-0.1, -0.05) is 12.8 Å². The van der Waals surface area contributed by atoms with Crippen molar-refractivity contribution in [3.63, 3.8) is 0 Å². The fraction of sp³-hybridized carbons (Fsp3) is 0.636. The van der Waals surface area contributed by atoms with E-state index in [0.717, 1.165) is 10.4 Å². The van der Waals surface area contributed by atoms with Crippen molar-refractivity contribution in [3.8, 4) is 0 Å². The highest BCUT2D eigenvalue weighted by atomic mass is 79.9. The summed E-state index contributed by atoms with van der Waals surface area (Å²) >= 11 is 3.36. The van der Waals surface area contributed by atoms with Gasteiger partial charge in [-0.05, 0) is 40.9 Å². The number of nitrogens with one attached hydrogen (secondary N) is 1. The van der Waals surface area contributed by atoms with Crippen molar-refractivity contribution in [2.45, 2.75) is 31.7 Å². The van der Waals surface area contributed by atoms with Gasteiger partial charge < -0.3 is 9.73 Å². The number of halogens is 1. The summed E-state index contributed by atoms with van der Waals surface area (Å²) in [5, 5.41) is 3.49. The summed E-state index contributed by atoms with van der Waals surface area (Å²) in [4.78, 5) is 0. The van der Waals surface area contributed by atoms with Gasteiger partial charge in [0.1, 0.15) is 5.76 Å². The lowest BCUT2D eigenvalue weighted by Gasteiger charge is -2.47. The molecule has 1 unspecified atom stereocenters. The Morgan fingerprint density at radius 1 is 1.36 bits per heavy atom. The molecule has 1 spiro atoms. The molecule has 14 heavy (non-hydrogen) atoms. The Hall–Kier alpha value is -0.280. The molecule has 3 rings (SSSR count). The van der Waals surface area contributed by atoms with Crippen molar-refractivity contribution in [3.05, 3.63) is 22.6 Å². The van der Waals surface area contributed by atoms with Crippen molar-refractivity contribution in [1.82, 2.24) is 5.32 Å². The van der Waals surface area contributed by atoms with Gasteiger partial charge in [0, 0.05) is 12.0 Å². The Morgan fingerprint density at radius 2 is 2.14 bits per heavy atom. The summed E-state index contributed by atoms with van der Waals surface area (Å²) in [5.41, 5.74) is 0.525. The van der Waals surface area contributed by atoms with Gasteiger partial charge in [-0.25, -0.2) is 0 Å². The first-order valence-corrected chi connectivity index (χ1v) is 6.08. The molecule has 1 N–H and O–H groups in total. The lowest BCUT2D eigenvalue weighted by molar-refractivity contribution is 0.0719. The molecule has 3 heteroatoms. The second-order valence-electron chi connectivity index (χ2n) is 4.53. The highest BCUT2D eigenvalue weighted by molar-refractivity contribution is 9.10. The molecule has 2 aliphatic rings. The Balaban J connectivity index is 1.86. The van der Waals surface area contributed by atoms with Crippen LogP contribution in [0.2, 0.25) is 0 Å². The normalized spacial score (nSPS) is 29.4. The van der Waals surface area contributed by atoms with Crippen LogP contribution in [0, 0.1) is 5.41 Å². The molecule has 0 radical (unpaired) electrons. The van der Waals surface area contributed by atoms with E-state index >= 15 is 0 Å². The third-order valence-corrected chi connectivity index (χ3v) is 4.17. The largest absolute Gasteiger partial charge is 0.453 e. The minimum atomic E-state index is 0.469. The average molecular weight is 256 g/mol. The molecule has 2 nitrogen and oxygen atoms in total. The Labute approximate surface area is 92.2 Å². The predicted octanol–water partition coefficient (Wildman–Crippen LogP) is 3.25. The van der Waals surface area contributed by atoms with Crippen LogP contribution in [0.5, 0.6) is 0 Å². The molecule has 0 amide bonds. The van der Waals surface area contributed by atoms with Gasteiger partial charge in [-0.2, -0.15) is 0 Å². The number of hydrogen-bond acceptors (Lipinski definition) is 2. The molecule has 1 aliphatic carbocycles. The van der Waals surface area contributed by atoms with E-state index in [9.17, 15) is 0 Å². The fourth-order valence-electron chi connectivity index (χ4n) is 2.92. The van der Waals surface area contributed by atoms with Crippen molar-refractivity contribution >= 4 is 15.9 Å². The van der Waals surface area contributed by atoms with Crippen molar-refractivity contribution in [1.29, 1.82) is 0 Å². The van der Waals surface area contributed by atoms with E-state index in [1.165, 1.54) is 32.2 Å². The molecule has 2 fully saturated rings. The van der Waals surface area contributed by atoms with Crippen LogP contribution in [0.15, 0.2) is 21.2 Å². The van der Waals surface area contributed by atoms with E-state index in [2.05, 4.69) is 27.3 Å². The third-order valence-electron chi connectivity index (χ3n) is 3.75. The highest BCUT2D eigenvalue weighted by Crippen LogP contribution is 2.52. The zero-order valence-electron chi connectivity index (χ0n) is 8.05. The zero-order valence-corrected chi connectivity index (χ0v) is 9.64. The monoisotopic (exact) mass is 255 g/mol. The summed E-state index contributed by atoms with van der Waals surface area (Å²) in [5.74, 6) is 1.10. The average Bonchev–Trinajstić information content (AvgIpc) is 2.73. The van der Waals surface area contributed by atoms with Gasteiger partial charge in [0.25, 0.3) is 0 Å². The quantitative estimate of drug-likeness (QED) is 0.834. The topological polar surface area (TPSA) is 25.2 Å². The Bertz CT molecular complexity index is 341. The molecule has 0 bridgehead atoms. The molecule has 1 aromatic heterocycles. The van der Waals surface area contributed by atoms with Crippen LogP contribution < -0.4 is 5.32 Å². The van der Waals surface area contributed by atoms with Gasteiger partial charge in [-0.15, -0.1) is 0 Å². The highest BCUT2D eigenvalue weighted by Gasteiger charge is 2.50. The first kappa shape index (κ1) is 8.98. The molecule has 2 heterocycles. The lowest BCUT2D eigenvalue weighted by Crippen LogP contribution is -2.54. The van der Waals surface area contributed by atoms with E-state index < -0.39 is 0 Å². The number of rotatable bonds is 1. The van der Waals surface area contributed by atoms with Crippen LogP contribution in [0.3, 0.4) is 0 Å². The van der Waals surface area contributed by atoms with E-state index in [1.807, 2.05) is 6.07 Å². The second-order valence-corrected chi connectivity index (χ2v) is 5.31. The van der Waals surface area contributed by atoms with Gasteiger partial charge >= 0.3 is 0 Å². The van der Waals surface area contributed by atoms with Crippen molar-refractivity contribution < 1.29 is 4.42 Å². The third kappa shape index (κ3) is 1.18. The SMILES string of the molecule is Brc1ccc(C2NCC23CCCC3)o1. The molecule has 0 aromatic carbocycles. The minimum Gasteiger partial charge on any atom is -0.453 e. The second kappa shape index (κ2) is 3.11. The van der Waals surface area contributed by atoms with E-state index in [-0.39, 0.29) is 0 Å². The molecule has 76 valence electrons. The van der Waals surface area contributed by atoms with E-state index in [0.29, 0.717) is 11.5 Å². The van der Waals surface area contributed by atoms with Crippen LogP contribution in [0.4, 0.5) is 0 Å². The Morgan fingerprint density at radius 3 is 2.64 bits per heavy atom. The zero-order chi connectivity index (χ0) is 9.60. The summed E-state index contributed by atoms with van der Waals surface area (Å²) in [6, 6.07) is 4.54. The van der Waals surface area contributed by atoms with E-state index in [1.54, 1.807) is 0 Å². The van der Waals surface area contributed by atoms with Crippen LogP contribution in [-0.4, -0.2) is 6.54 Å². The first-order chi connectivity index (χ1) is 6.80. The number of hydrogen-bond donors (Lipinski definition) is 1. The maximum absolute atomic E-state index is 5.63. The molecule has 1 saturated carbocycles. The van der Waals surface area contributed by atoms with Crippen LogP contribution in [0.25, 0.3) is 0 Å². The molecular weight excluding hydrogens is 242 g/mol. The summed E-state index contributed by atoms with van der Waals surface area (Å²) in [6.07, 6.45) is 5.51.